The van der Waals surface area contributed by atoms with Gasteiger partial charge in [-0.2, -0.15) is 0 Å². The molecule has 1 fully saturated rings. The summed E-state index contributed by atoms with van der Waals surface area (Å²) >= 11 is 3.48. The largest absolute Gasteiger partial charge is 0.314 e. The molecular formula is C13H16BrN3. The van der Waals surface area contributed by atoms with Gasteiger partial charge in [0.05, 0.1) is 5.69 Å². The fourth-order valence-electron chi connectivity index (χ4n) is 2.47. The predicted molar refractivity (Wildman–Crippen MR) is 72.2 cm³/mol. The van der Waals surface area contributed by atoms with Gasteiger partial charge >= 0.3 is 0 Å². The molecule has 3 heterocycles. The summed E-state index contributed by atoms with van der Waals surface area (Å²) in [7, 11) is 0. The highest BCUT2D eigenvalue weighted by Gasteiger charge is 2.14. The van der Waals surface area contributed by atoms with E-state index in [1.54, 1.807) is 0 Å². The molecule has 4 heteroatoms. The SMILES string of the molecule is Brc1ccc2nc(CC3CCCCN3)cn2c1. The number of nitrogens with zero attached hydrogens (tertiary/aromatic N) is 2. The van der Waals surface area contributed by atoms with Gasteiger partial charge in [0, 0.05) is 29.3 Å². The van der Waals surface area contributed by atoms with E-state index in [-0.39, 0.29) is 0 Å². The fourth-order valence-corrected chi connectivity index (χ4v) is 2.82. The lowest BCUT2D eigenvalue weighted by Gasteiger charge is -2.22. The topological polar surface area (TPSA) is 29.3 Å². The Hall–Kier alpha value is -0.870. The first-order valence-corrected chi connectivity index (χ1v) is 6.97. The van der Waals surface area contributed by atoms with Crippen molar-refractivity contribution in [2.75, 3.05) is 6.54 Å². The minimum atomic E-state index is 0.608. The number of rotatable bonds is 2. The molecule has 0 saturated carbocycles. The number of hydrogen-bond donors (Lipinski definition) is 1. The van der Waals surface area contributed by atoms with Crippen molar-refractivity contribution in [3.63, 3.8) is 0 Å². The highest BCUT2D eigenvalue weighted by Crippen LogP contribution is 2.15. The summed E-state index contributed by atoms with van der Waals surface area (Å²) < 4.78 is 3.17. The van der Waals surface area contributed by atoms with Crippen LogP contribution in [-0.2, 0) is 6.42 Å². The number of pyridine rings is 1. The quantitative estimate of drug-likeness (QED) is 0.923. The Kier molecular flexibility index (Phi) is 3.16. The third-order valence-electron chi connectivity index (χ3n) is 3.33. The van der Waals surface area contributed by atoms with Crippen LogP contribution in [0.5, 0.6) is 0 Å². The van der Waals surface area contributed by atoms with E-state index in [9.17, 15) is 0 Å². The minimum Gasteiger partial charge on any atom is -0.314 e. The Bertz CT molecular complexity index is 514. The Labute approximate surface area is 109 Å². The lowest BCUT2D eigenvalue weighted by Crippen LogP contribution is -2.35. The molecule has 0 aromatic carbocycles. The first-order valence-electron chi connectivity index (χ1n) is 6.18. The maximum Gasteiger partial charge on any atom is 0.137 e. The van der Waals surface area contributed by atoms with Crippen LogP contribution in [0.1, 0.15) is 25.0 Å². The molecule has 2 aromatic heterocycles. The van der Waals surface area contributed by atoms with Crippen molar-refractivity contribution in [1.29, 1.82) is 0 Å². The molecule has 0 radical (unpaired) electrons. The Morgan fingerprint density at radius 2 is 2.29 bits per heavy atom. The van der Waals surface area contributed by atoms with Crippen molar-refractivity contribution < 1.29 is 0 Å². The van der Waals surface area contributed by atoms with Crippen LogP contribution >= 0.6 is 15.9 Å². The number of aromatic nitrogens is 2. The Morgan fingerprint density at radius 3 is 3.12 bits per heavy atom. The van der Waals surface area contributed by atoms with Gasteiger partial charge in [-0.3, -0.25) is 0 Å². The normalized spacial score (nSPS) is 20.9. The first-order chi connectivity index (χ1) is 8.31. The molecule has 0 amide bonds. The van der Waals surface area contributed by atoms with Crippen LogP contribution in [0.25, 0.3) is 5.65 Å². The number of piperidine rings is 1. The molecule has 3 nitrogen and oxygen atoms in total. The third kappa shape index (κ3) is 2.53. The molecular weight excluding hydrogens is 278 g/mol. The molecule has 0 aliphatic carbocycles. The standard InChI is InChI=1S/C13H16BrN3/c14-10-4-5-13-16-12(9-17(13)8-10)7-11-3-1-2-6-15-11/h4-5,8-9,11,15H,1-3,6-7H2. The molecule has 17 heavy (non-hydrogen) atoms. The minimum absolute atomic E-state index is 0.608. The van der Waals surface area contributed by atoms with Crippen LogP contribution in [0, 0.1) is 0 Å². The molecule has 1 aliphatic heterocycles. The van der Waals surface area contributed by atoms with E-state index in [1.807, 2.05) is 12.1 Å². The van der Waals surface area contributed by atoms with E-state index in [0.717, 1.165) is 23.1 Å². The number of fused-ring (bicyclic) bond motifs is 1. The maximum atomic E-state index is 4.65. The highest BCUT2D eigenvalue weighted by molar-refractivity contribution is 9.10. The molecule has 1 unspecified atom stereocenters. The van der Waals surface area contributed by atoms with E-state index in [2.05, 4.69) is 43.0 Å². The smallest absolute Gasteiger partial charge is 0.137 e. The molecule has 3 rings (SSSR count). The van der Waals surface area contributed by atoms with Gasteiger partial charge in [-0.1, -0.05) is 6.42 Å². The number of halogens is 1. The lowest BCUT2D eigenvalue weighted by molar-refractivity contribution is 0.397. The second kappa shape index (κ2) is 4.78. The van der Waals surface area contributed by atoms with E-state index in [0.29, 0.717) is 6.04 Å². The van der Waals surface area contributed by atoms with Gasteiger partial charge in [0.1, 0.15) is 5.65 Å². The summed E-state index contributed by atoms with van der Waals surface area (Å²) in [6.45, 7) is 1.16. The molecule has 90 valence electrons. The summed E-state index contributed by atoms with van der Waals surface area (Å²) in [6, 6.07) is 4.68. The summed E-state index contributed by atoms with van der Waals surface area (Å²) in [5.74, 6) is 0. The fraction of sp³-hybridized carbons (Fsp3) is 0.462. The van der Waals surface area contributed by atoms with Crippen molar-refractivity contribution in [3.05, 3.63) is 34.7 Å². The van der Waals surface area contributed by atoms with Crippen LogP contribution in [0.3, 0.4) is 0 Å². The highest BCUT2D eigenvalue weighted by atomic mass is 79.9. The predicted octanol–water partition coefficient (Wildman–Crippen LogP) is 2.78. The Balaban J connectivity index is 1.80. The van der Waals surface area contributed by atoms with Crippen LogP contribution in [0.15, 0.2) is 29.0 Å². The average molecular weight is 294 g/mol. The molecule has 0 spiro atoms. The van der Waals surface area contributed by atoms with Gasteiger partial charge in [-0.15, -0.1) is 0 Å². The van der Waals surface area contributed by atoms with E-state index in [4.69, 9.17) is 0 Å². The lowest BCUT2D eigenvalue weighted by atomic mass is 10.0. The summed E-state index contributed by atoms with van der Waals surface area (Å²) in [4.78, 5) is 4.65. The van der Waals surface area contributed by atoms with Gasteiger partial charge < -0.3 is 9.72 Å². The number of imidazole rings is 1. The van der Waals surface area contributed by atoms with Gasteiger partial charge in [-0.25, -0.2) is 4.98 Å². The van der Waals surface area contributed by atoms with E-state index < -0.39 is 0 Å². The van der Waals surface area contributed by atoms with Crippen molar-refractivity contribution in [1.82, 2.24) is 14.7 Å². The van der Waals surface area contributed by atoms with Crippen LogP contribution in [0.2, 0.25) is 0 Å². The second-order valence-electron chi connectivity index (χ2n) is 4.70. The van der Waals surface area contributed by atoms with Gasteiger partial charge in [-0.05, 0) is 47.4 Å². The molecule has 1 atom stereocenters. The Morgan fingerprint density at radius 1 is 1.35 bits per heavy atom. The molecule has 1 saturated heterocycles. The number of hydrogen-bond acceptors (Lipinski definition) is 2. The average Bonchev–Trinajstić information content (AvgIpc) is 2.71. The van der Waals surface area contributed by atoms with Gasteiger partial charge in [0.2, 0.25) is 0 Å². The monoisotopic (exact) mass is 293 g/mol. The summed E-state index contributed by atoms with van der Waals surface area (Å²) in [5.41, 5.74) is 2.21. The van der Waals surface area contributed by atoms with Crippen LogP contribution in [-0.4, -0.2) is 22.0 Å². The zero-order valence-corrected chi connectivity index (χ0v) is 11.3. The van der Waals surface area contributed by atoms with Crippen LogP contribution in [0.4, 0.5) is 0 Å². The summed E-state index contributed by atoms with van der Waals surface area (Å²) in [5, 5.41) is 3.56. The molecule has 2 aromatic rings. The first kappa shape index (κ1) is 11.2. The molecule has 1 aliphatic rings. The molecule has 0 bridgehead atoms. The van der Waals surface area contributed by atoms with Crippen molar-refractivity contribution >= 4 is 21.6 Å². The molecule has 1 N–H and O–H groups in total. The van der Waals surface area contributed by atoms with Crippen molar-refractivity contribution in [2.24, 2.45) is 0 Å². The van der Waals surface area contributed by atoms with Crippen LogP contribution < -0.4 is 5.32 Å². The zero-order valence-electron chi connectivity index (χ0n) is 9.69. The van der Waals surface area contributed by atoms with E-state index in [1.165, 1.54) is 25.0 Å². The van der Waals surface area contributed by atoms with Gasteiger partial charge in [0.25, 0.3) is 0 Å². The van der Waals surface area contributed by atoms with Crippen molar-refractivity contribution in [3.8, 4) is 0 Å². The summed E-state index contributed by atoms with van der Waals surface area (Å²) in [6.07, 6.45) is 9.17. The number of nitrogens with one attached hydrogen (secondary N) is 1. The van der Waals surface area contributed by atoms with Gasteiger partial charge in [0.15, 0.2) is 0 Å². The van der Waals surface area contributed by atoms with Crippen molar-refractivity contribution in [2.45, 2.75) is 31.7 Å². The zero-order chi connectivity index (χ0) is 11.7. The second-order valence-corrected chi connectivity index (χ2v) is 5.61. The van der Waals surface area contributed by atoms with E-state index >= 15 is 0 Å². The third-order valence-corrected chi connectivity index (χ3v) is 3.80. The maximum absolute atomic E-state index is 4.65.